The number of hydrogen-bond acceptors (Lipinski definition) is 6. The van der Waals surface area contributed by atoms with Crippen LogP contribution in [0.25, 0.3) is 10.9 Å². The highest BCUT2D eigenvalue weighted by Crippen LogP contribution is 2.32. The Morgan fingerprint density at radius 2 is 2.15 bits per heavy atom. The number of benzene rings is 1. The monoisotopic (exact) mass is 535 g/mol. The number of H-pyrrole nitrogens is 1. The number of nitrogens with two attached hydrogens (primary N) is 1. The van der Waals surface area contributed by atoms with Crippen molar-refractivity contribution in [3.63, 3.8) is 0 Å². The summed E-state index contributed by atoms with van der Waals surface area (Å²) in [7, 11) is -4.17. The number of nitrogens with one attached hydrogen (secondary N) is 2. The van der Waals surface area contributed by atoms with Crippen LogP contribution < -0.4 is 11.1 Å². The van der Waals surface area contributed by atoms with Crippen LogP contribution in [0, 0.1) is 0 Å². The lowest BCUT2D eigenvalue weighted by Gasteiger charge is -2.32. The topological polar surface area (TPSA) is 147 Å². The number of amides is 2. The Kier molecular flexibility index (Phi) is 6.52. The summed E-state index contributed by atoms with van der Waals surface area (Å²) in [6.45, 7) is 1.65. The first-order valence-electron chi connectivity index (χ1n) is 10.1. The van der Waals surface area contributed by atoms with E-state index < -0.39 is 27.9 Å². The van der Waals surface area contributed by atoms with Gasteiger partial charge in [0.2, 0.25) is 10.0 Å². The number of aromatic amines is 1. The summed E-state index contributed by atoms with van der Waals surface area (Å²) < 4.78 is 34.5. The van der Waals surface area contributed by atoms with Gasteiger partial charge in [-0.15, -0.1) is 0 Å². The minimum absolute atomic E-state index is 0.0243. The molecule has 0 radical (unpaired) electrons. The van der Waals surface area contributed by atoms with E-state index in [1.165, 1.54) is 0 Å². The number of aromatic nitrogens is 2. The summed E-state index contributed by atoms with van der Waals surface area (Å²) in [5.74, 6) is -1.34. The van der Waals surface area contributed by atoms with Gasteiger partial charge in [0.15, 0.2) is 0 Å². The molecule has 1 aromatic carbocycles. The summed E-state index contributed by atoms with van der Waals surface area (Å²) >= 11 is 3.33. The SMILES string of the molecule is CC(NC(=O)C1CN(S(=O)(=O)c2c(C(N)=O)[nH]c3ccc(Br)cc23)CCO1)c1cccnc1. The lowest BCUT2D eigenvalue weighted by atomic mass is 10.1. The van der Waals surface area contributed by atoms with Crippen molar-refractivity contribution in [2.45, 2.75) is 24.0 Å². The molecule has 3 aromatic rings. The van der Waals surface area contributed by atoms with E-state index in [1.54, 1.807) is 43.6 Å². The van der Waals surface area contributed by atoms with Crippen LogP contribution in [-0.4, -0.2) is 60.3 Å². The number of morpholine rings is 1. The third kappa shape index (κ3) is 4.64. The average molecular weight is 536 g/mol. The van der Waals surface area contributed by atoms with Gasteiger partial charge in [-0.25, -0.2) is 8.42 Å². The predicted octanol–water partition coefficient (Wildman–Crippen LogP) is 1.69. The first-order valence-corrected chi connectivity index (χ1v) is 12.3. The second kappa shape index (κ2) is 9.21. The number of carbonyl (C=O) groups excluding carboxylic acids is 2. The fraction of sp³-hybridized carbons (Fsp3) is 0.286. The van der Waals surface area contributed by atoms with E-state index in [0.29, 0.717) is 15.4 Å². The van der Waals surface area contributed by atoms with Gasteiger partial charge < -0.3 is 20.8 Å². The molecule has 0 aliphatic carbocycles. The van der Waals surface area contributed by atoms with Crippen molar-refractivity contribution in [1.82, 2.24) is 19.6 Å². The van der Waals surface area contributed by atoms with Crippen LogP contribution in [0.1, 0.15) is 29.0 Å². The Labute approximate surface area is 198 Å². The number of halogens is 1. The third-order valence-electron chi connectivity index (χ3n) is 5.42. The smallest absolute Gasteiger partial charge is 0.266 e. The van der Waals surface area contributed by atoms with Gasteiger partial charge in [-0.3, -0.25) is 14.6 Å². The number of fused-ring (bicyclic) bond motifs is 1. The zero-order valence-corrected chi connectivity index (χ0v) is 20.0. The normalized spacial score (nSPS) is 18.2. The van der Waals surface area contributed by atoms with Gasteiger partial charge in [-0.2, -0.15) is 4.31 Å². The molecule has 1 fully saturated rings. The molecule has 0 saturated carbocycles. The molecule has 1 saturated heterocycles. The molecule has 2 unspecified atom stereocenters. The van der Waals surface area contributed by atoms with Gasteiger partial charge in [0.05, 0.1) is 12.6 Å². The Balaban J connectivity index is 1.60. The second-order valence-electron chi connectivity index (χ2n) is 7.62. The van der Waals surface area contributed by atoms with Crippen LogP contribution in [0.3, 0.4) is 0 Å². The molecule has 2 atom stereocenters. The molecule has 0 spiro atoms. The molecular weight excluding hydrogens is 514 g/mol. The van der Waals surface area contributed by atoms with Crippen LogP contribution >= 0.6 is 15.9 Å². The summed E-state index contributed by atoms with van der Waals surface area (Å²) in [6, 6.07) is 8.23. The molecule has 2 amide bonds. The minimum atomic E-state index is -4.17. The standard InChI is InChI=1S/C21H22BrN5O5S/c1-12(13-3-2-6-24-10-13)25-21(29)17-11-27(7-8-32-17)33(30,31)19-15-9-14(22)4-5-16(15)26-18(19)20(23)28/h2-6,9-10,12,17,26H,7-8,11H2,1H3,(H2,23,28)(H,25,29). The van der Waals surface area contributed by atoms with E-state index in [4.69, 9.17) is 10.5 Å². The van der Waals surface area contributed by atoms with E-state index in [1.807, 2.05) is 6.07 Å². The van der Waals surface area contributed by atoms with Crippen LogP contribution in [0.15, 0.2) is 52.1 Å². The van der Waals surface area contributed by atoms with Gasteiger partial charge in [-0.1, -0.05) is 22.0 Å². The fourth-order valence-corrected chi connectivity index (χ4v) is 5.86. The molecular formula is C21H22BrN5O5S. The first kappa shape index (κ1) is 23.4. The maximum absolute atomic E-state index is 13.6. The third-order valence-corrected chi connectivity index (χ3v) is 7.87. The number of carbonyl (C=O) groups is 2. The quantitative estimate of drug-likeness (QED) is 0.437. The lowest BCUT2D eigenvalue weighted by Crippen LogP contribution is -2.52. The molecule has 0 bridgehead atoms. The van der Waals surface area contributed by atoms with E-state index in [9.17, 15) is 18.0 Å². The molecule has 1 aliphatic heterocycles. The number of primary amides is 1. The summed E-state index contributed by atoms with van der Waals surface area (Å²) in [4.78, 5) is 31.5. The Morgan fingerprint density at radius 1 is 1.36 bits per heavy atom. The van der Waals surface area contributed by atoms with E-state index in [-0.39, 0.29) is 36.3 Å². The zero-order valence-electron chi connectivity index (χ0n) is 17.6. The van der Waals surface area contributed by atoms with Crippen molar-refractivity contribution in [3.05, 3.63) is 58.5 Å². The first-order chi connectivity index (χ1) is 15.7. The van der Waals surface area contributed by atoms with Gasteiger partial charge in [0, 0.05) is 40.9 Å². The summed E-state index contributed by atoms with van der Waals surface area (Å²) in [5.41, 5.74) is 6.53. The molecule has 33 heavy (non-hydrogen) atoms. The van der Waals surface area contributed by atoms with Crippen molar-refractivity contribution in [1.29, 1.82) is 0 Å². The molecule has 174 valence electrons. The number of sulfonamides is 1. The van der Waals surface area contributed by atoms with E-state index in [0.717, 1.165) is 9.87 Å². The van der Waals surface area contributed by atoms with Gasteiger partial charge in [0.1, 0.15) is 16.7 Å². The largest absolute Gasteiger partial charge is 0.366 e. The van der Waals surface area contributed by atoms with Crippen molar-refractivity contribution in [3.8, 4) is 0 Å². The number of hydrogen-bond donors (Lipinski definition) is 3. The lowest BCUT2D eigenvalue weighted by molar-refractivity contribution is -0.136. The van der Waals surface area contributed by atoms with Crippen molar-refractivity contribution in [2.24, 2.45) is 5.73 Å². The molecule has 10 nitrogen and oxygen atoms in total. The van der Waals surface area contributed by atoms with Crippen LogP contribution in [0.2, 0.25) is 0 Å². The number of ether oxygens (including phenoxy) is 1. The summed E-state index contributed by atoms with van der Waals surface area (Å²) in [6.07, 6.45) is 2.26. The van der Waals surface area contributed by atoms with Gasteiger partial charge in [-0.05, 0) is 36.8 Å². The van der Waals surface area contributed by atoms with Crippen LogP contribution in [0.5, 0.6) is 0 Å². The summed E-state index contributed by atoms with van der Waals surface area (Å²) in [5, 5.41) is 3.16. The highest BCUT2D eigenvalue weighted by molar-refractivity contribution is 9.10. The van der Waals surface area contributed by atoms with E-state index >= 15 is 0 Å². The molecule has 3 heterocycles. The van der Waals surface area contributed by atoms with Gasteiger partial charge >= 0.3 is 0 Å². The highest BCUT2D eigenvalue weighted by atomic mass is 79.9. The molecule has 12 heteroatoms. The molecule has 1 aliphatic rings. The Bertz CT molecular complexity index is 1310. The van der Waals surface area contributed by atoms with Crippen LogP contribution in [0.4, 0.5) is 0 Å². The second-order valence-corrected chi connectivity index (χ2v) is 10.4. The molecule has 2 aromatic heterocycles. The Hall–Kier alpha value is -2.80. The average Bonchev–Trinajstić information content (AvgIpc) is 3.19. The highest BCUT2D eigenvalue weighted by Gasteiger charge is 2.38. The predicted molar refractivity (Wildman–Crippen MR) is 124 cm³/mol. The number of pyridine rings is 1. The molecule has 4 rings (SSSR count). The maximum atomic E-state index is 13.6. The van der Waals surface area contributed by atoms with Crippen molar-refractivity contribution in [2.75, 3.05) is 19.7 Å². The minimum Gasteiger partial charge on any atom is -0.366 e. The number of rotatable bonds is 6. The van der Waals surface area contributed by atoms with Crippen LogP contribution in [-0.2, 0) is 19.6 Å². The number of nitrogens with zero attached hydrogens (tertiary/aromatic N) is 2. The van der Waals surface area contributed by atoms with Gasteiger partial charge in [0.25, 0.3) is 11.8 Å². The Morgan fingerprint density at radius 3 is 2.85 bits per heavy atom. The van der Waals surface area contributed by atoms with E-state index in [2.05, 4.69) is 31.2 Å². The fourth-order valence-electron chi connectivity index (χ4n) is 3.73. The van der Waals surface area contributed by atoms with Crippen molar-refractivity contribution >= 4 is 48.7 Å². The maximum Gasteiger partial charge on any atom is 0.266 e. The molecule has 4 N–H and O–H groups in total. The zero-order chi connectivity index (χ0) is 23.8. The van der Waals surface area contributed by atoms with Crippen molar-refractivity contribution < 1.29 is 22.7 Å².